The second-order valence-electron chi connectivity index (χ2n) is 9.04. The molecular formula is C26H28ClFN3O6P. The van der Waals surface area contributed by atoms with E-state index in [1.165, 1.54) is 42.3 Å². The van der Waals surface area contributed by atoms with Crippen LogP contribution in [0.2, 0.25) is 5.02 Å². The van der Waals surface area contributed by atoms with Gasteiger partial charge < -0.3 is 24.2 Å². The zero-order valence-electron chi connectivity index (χ0n) is 20.9. The Labute approximate surface area is 224 Å². The van der Waals surface area contributed by atoms with Crippen LogP contribution in [0.5, 0.6) is 0 Å². The maximum atomic E-state index is 14.2. The van der Waals surface area contributed by atoms with E-state index in [0.717, 1.165) is 0 Å². The molecule has 1 aliphatic heterocycles. The van der Waals surface area contributed by atoms with Gasteiger partial charge in [0.25, 0.3) is 0 Å². The van der Waals surface area contributed by atoms with Gasteiger partial charge in [-0.1, -0.05) is 29.8 Å². The fourth-order valence-electron chi connectivity index (χ4n) is 4.68. The van der Waals surface area contributed by atoms with E-state index >= 15 is 0 Å². The highest BCUT2D eigenvalue weighted by Crippen LogP contribution is 2.41. The van der Waals surface area contributed by atoms with Crippen LogP contribution in [0.3, 0.4) is 0 Å². The summed E-state index contributed by atoms with van der Waals surface area (Å²) < 4.78 is 33.3. The van der Waals surface area contributed by atoms with E-state index in [1.54, 1.807) is 23.6 Å². The fraction of sp³-hybridized carbons (Fsp3) is 0.346. The molecule has 2 heterocycles. The van der Waals surface area contributed by atoms with Gasteiger partial charge in [0.15, 0.2) is 5.78 Å². The summed E-state index contributed by atoms with van der Waals surface area (Å²) in [5, 5.41) is 3.22. The lowest BCUT2D eigenvalue weighted by atomic mass is 10.1. The summed E-state index contributed by atoms with van der Waals surface area (Å²) in [6.07, 6.45) is 2.60. The first kappa shape index (κ1) is 28.0. The van der Waals surface area contributed by atoms with E-state index in [1.807, 2.05) is 0 Å². The van der Waals surface area contributed by atoms with Crippen LogP contribution in [0.4, 0.5) is 4.39 Å². The lowest BCUT2D eigenvalue weighted by Gasteiger charge is -2.24. The first-order valence-electron chi connectivity index (χ1n) is 12.1. The quantitative estimate of drug-likeness (QED) is 0.302. The van der Waals surface area contributed by atoms with Crippen molar-refractivity contribution >= 4 is 53.0 Å². The van der Waals surface area contributed by atoms with Gasteiger partial charge in [-0.3, -0.25) is 18.9 Å². The number of carbonyl (C=O) groups is 3. The molecule has 1 aromatic heterocycles. The Morgan fingerprint density at radius 1 is 1.26 bits per heavy atom. The summed E-state index contributed by atoms with van der Waals surface area (Å²) in [6.45, 7) is 3.14. The molecular weight excluding hydrogens is 536 g/mol. The minimum Gasteiger partial charge on any atom is -0.350 e. The summed E-state index contributed by atoms with van der Waals surface area (Å²) in [4.78, 5) is 50.2. The number of rotatable bonds is 9. The standard InChI is InChI=1S/C26H28ClFN3O6P/c1-3-37-38(35,36)18-9-10-19-20(16(2)32)14-30(23(19)12-18)15-24(33)31-11-5-8-22(31)26(34)29-13-17-6-4-7-21(27)25(17)28/h4,6-7,9-10,12,14,22H,3,5,8,11,13,15H2,1-2H3,(H,29,34)(H,35,36)/t22-/m0/s1. The van der Waals surface area contributed by atoms with E-state index in [0.29, 0.717) is 35.9 Å². The number of ketones is 1. The molecule has 2 N–H and O–H groups in total. The monoisotopic (exact) mass is 563 g/mol. The average molecular weight is 564 g/mol. The molecule has 1 unspecified atom stereocenters. The van der Waals surface area contributed by atoms with Crippen LogP contribution in [0.1, 0.15) is 42.6 Å². The van der Waals surface area contributed by atoms with Crippen LogP contribution in [-0.4, -0.2) is 51.2 Å². The molecule has 2 aromatic carbocycles. The third-order valence-corrected chi connectivity index (χ3v) is 8.37. The predicted octanol–water partition coefficient (Wildman–Crippen LogP) is 3.79. The smallest absolute Gasteiger partial charge is 0.350 e. The molecule has 2 atom stereocenters. The predicted molar refractivity (Wildman–Crippen MR) is 141 cm³/mol. The van der Waals surface area contributed by atoms with Crippen molar-refractivity contribution in [1.82, 2.24) is 14.8 Å². The Morgan fingerprint density at radius 2 is 2.03 bits per heavy atom. The molecule has 0 saturated carbocycles. The lowest BCUT2D eigenvalue weighted by molar-refractivity contribution is -0.138. The number of aromatic nitrogens is 1. The van der Waals surface area contributed by atoms with Gasteiger partial charge in [0.1, 0.15) is 18.4 Å². The van der Waals surface area contributed by atoms with E-state index in [4.69, 9.17) is 16.1 Å². The summed E-state index contributed by atoms with van der Waals surface area (Å²) >= 11 is 5.81. The second-order valence-corrected chi connectivity index (χ2v) is 11.3. The number of nitrogens with zero attached hydrogens (tertiary/aromatic N) is 2. The number of fused-ring (bicyclic) bond motifs is 1. The normalized spacial score (nSPS) is 17.0. The van der Waals surface area contributed by atoms with Gasteiger partial charge >= 0.3 is 7.60 Å². The van der Waals surface area contributed by atoms with E-state index in [9.17, 15) is 28.2 Å². The maximum absolute atomic E-state index is 14.2. The van der Waals surface area contributed by atoms with Gasteiger partial charge in [-0.15, -0.1) is 0 Å². The Kier molecular flexibility index (Phi) is 8.37. The van der Waals surface area contributed by atoms with Crippen molar-refractivity contribution in [2.45, 2.75) is 45.8 Å². The van der Waals surface area contributed by atoms with E-state index in [-0.39, 0.29) is 47.3 Å². The molecule has 0 aliphatic carbocycles. The van der Waals surface area contributed by atoms with Gasteiger partial charge in [-0.05, 0) is 44.9 Å². The molecule has 9 nitrogen and oxygen atoms in total. The molecule has 1 fully saturated rings. The number of carbonyl (C=O) groups excluding carboxylic acids is 3. The lowest BCUT2D eigenvalue weighted by Crippen LogP contribution is -2.46. The van der Waals surface area contributed by atoms with Crippen molar-refractivity contribution < 1.29 is 32.8 Å². The molecule has 202 valence electrons. The highest BCUT2D eigenvalue weighted by atomic mass is 35.5. The summed E-state index contributed by atoms with van der Waals surface area (Å²) in [6, 6.07) is 8.23. The fourth-order valence-corrected chi connectivity index (χ4v) is 5.92. The minimum absolute atomic E-state index is 0.0341. The van der Waals surface area contributed by atoms with Crippen molar-refractivity contribution in [3.05, 3.63) is 64.6 Å². The molecule has 38 heavy (non-hydrogen) atoms. The van der Waals surface area contributed by atoms with Crippen LogP contribution in [-0.2, 0) is 31.8 Å². The Morgan fingerprint density at radius 3 is 2.74 bits per heavy atom. The largest absolute Gasteiger partial charge is 0.358 e. The Balaban J connectivity index is 1.55. The molecule has 1 aliphatic rings. The first-order valence-corrected chi connectivity index (χ1v) is 14.1. The molecule has 12 heteroatoms. The second kappa shape index (κ2) is 11.4. The maximum Gasteiger partial charge on any atom is 0.358 e. The van der Waals surface area contributed by atoms with Gasteiger partial charge in [0, 0.05) is 35.8 Å². The summed E-state index contributed by atoms with van der Waals surface area (Å²) in [5.41, 5.74) is 1.02. The van der Waals surface area contributed by atoms with Crippen molar-refractivity contribution in [2.24, 2.45) is 0 Å². The number of halogens is 2. The van der Waals surface area contributed by atoms with E-state index in [2.05, 4.69) is 5.32 Å². The van der Waals surface area contributed by atoms with E-state index < -0.39 is 25.4 Å². The molecule has 0 radical (unpaired) electrons. The Hall–Kier alpha value is -3.04. The van der Waals surface area contributed by atoms with Crippen LogP contribution in [0.25, 0.3) is 10.9 Å². The van der Waals surface area contributed by atoms with Crippen LogP contribution in [0, 0.1) is 5.82 Å². The molecule has 4 rings (SSSR count). The molecule has 0 bridgehead atoms. The van der Waals surface area contributed by atoms with Crippen molar-refractivity contribution in [2.75, 3.05) is 13.2 Å². The highest BCUT2D eigenvalue weighted by molar-refractivity contribution is 7.61. The van der Waals surface area contributed by atoms with Crippen molar-refractivity contribution in [3.8, 4) is 0 Å². The molecule has 3 aromatic rings. The van der Waals surface area contributed by atoms with Crippen molar-refractivity contribution in [1.29, 1.82) is 0 Å². The zero-order chi connectivity index (χ0) is 27.6. The van der Waals surface area contributed by atoms with Crippen LogP contribution >= 0.6 is 19.2 Å². The number of likely N-dealkylation sites (tertiary alicyclic amines) is 1. The molecule has 1 saturated heterocycles. The molecule has 2 amide bonds. The third-order valence-electron chi connectivity index (χ3n) is 6.54. The minimum atomic E-state index is -4.08. The molecule has 0 spiro atoms. The van der Waals surface area contributed by atoms with Gasteiger partial charge in [0.05, 0.1) is 22.5 Å². The SMILES string of the molecule is CCOP(=O)(O)c1ccc2c(C(C)=O)cn(CC(=O)N3CCC[C@H]3C(=O)NCc3cccc(Cl)c3F)c2c1. The summed E-state index contributed by atoms with van der Waals surface area (Å²) in [7, 11) is -4.08. The zero-order valence-corrected chi connectivity index (χ0v) is 22.6. The highest BCUT2D eigenvalue weighted by Gasteiger charge is 2.34. The number of Topliss-reactive ketones (excluding diaryl/α,β-unsaturated/α-hetero) is 1. The number of amides is 2. The number of hydrogen-bond acceptors (Lipinski definition) is 5. The van der Waals surface area contributed by atoms with Gasteiger partial charge in [0.2, 0.25) is 11.8 Å². The Bertz CT molecular complexity index is 1460. The van der Waals surface area contributed by atoms with Gasteiger partial charge in [-0.2, -0.15) is 0 Å². The number of benzene rings is 2. The number of hydrogen-bond donors (Lipinski definition) is 2. The average Bonchev–Trinajstić information content (AvgIpc) is 3.50. The van der Waals surface area contributed by atoms with Crippen LogP contribution < -0.4 is 10.6 Å². The van der Waals surface area contributed by atoms with Gasteiger partial charge in [-0.25, -0.2) is 4.39 Å². The first-order chi connectivity index (χ1) is 18.0. The number of nitrogens with one attached hydrogen (secondary N) is 1. The topological polar surface area (TPSA) is 118 Å². The van der Waals surface area contributed by atoms with Crippen LogP contribution in [0.15, 0.2) is 42.6 Å². The van der Waals surface area contributed by atoms with Crippen molar-refractivity contribution in [3.63, 3.8) is 0 Å². The third kappa shape index (κ3) is 5.68. The summed E-state index contributed by atoms with van der Waals surface area (Å²) in [5.74, 6) is -1.59.